The monoisotopic (exact) mass is 257 g/mol. The SMILES string of the molecule is CCCCn1cc(C(=O)CC(C)C)c2ccccc21. The first kappa shape index (κ1) is 13.9. The third kappa shape index (κ3) is 3.06. The zero-order valence-electron chi connectivity index (χ0n) is 12.1. The van der Waals surface area contributed by atoms with E-state index >= 15 is 0 Å². The Balaban J connectivity index is 2.40. The lowest BCUT2D eigenvalue weighted by atomic mass is 10.0. The largest absolute Gasteiger partial charge is 0.347 e. The Kier molecular flexibility index (Phi) is 4.41. The molecule has 0 aliphatic rings. The molecule has 102 valence electrons. The molecule has 0 spiro atoms. The summed E-state index contributed by atoms with van der Waals surface area (Å²) in [6.45, 7) is 7.37. The van der Waals surface area contributed by atoms with Gasteiger partial charge in [-0.1, -0.05) is 45.4 Å². The van der Waals surface area contributed by atoms with Crippen LogP contribution < -0.4 is 0 Å². The number of aryl methyl sites for hydroxylation is 1. The number of Topliss-reactive ketones (excluding diaryl/α,β-unsaturated/α-hetero) is 1. The molecule has 0 aliphatic carbocycles. The fraction of sp³-hybridized carbons (Fsp3) is 0.471. The van der Waals surface area contributed by atoms with Crippen LogP contribution >= 0.6 is 0 Å². The number of hydrogen-bond acceptors (Lipinski definition) is 1. The van der Waals surface area contributed by atoms with Gasteiger partial charge in [-0.05, 0) is 18.4 Å². The minimum atomic E-state index is 0.265. The van der Waals surface area contributed by atoms with Crippen LogP contribution in [-0.4, -0.2) is 10.4 Å². The number of aromatic nitrogens is 1. The minimum Gasteiger partial charge on any atom is -0.347 e. The van der Waals surface area contributed by atoms with E-state index in [1.165, 1.54) is 11.9 Å². The fourth-order valence-electron chi connectivity index (χ4n) is 2.46. The number of rotatable bonds is 6. The van der Waals surface area contributed by atoms with E-state index in [4.69, 9.17) is 0 Å². The molecule has 1 aromatic heterocycles. The summed E-state index contributed by atoms with van der Waals surface area (Å²) < 4.78 is 2.23. The zero-order chi connectivity index (χ0) is 13.8. The van der Waals surface area contributed by atoms with Gasteiger partial charge in [-0.15, -0.1) is 0 Å². The quantitative estimate of drug-likeness (QED) is 0.689. The molecule has 1 heterocycles. The van der Waals surface area contributed by atoms with E-state index < -0.39 is 0 Å². The molecule has 0 aliphatic heterocycles. The van der Waals surface area contributed by atoms with Gasteiger partial charge in [0.25, 0.3) is 0 Å². The highest BCUT2D eigenvalue weighted by molar-refractivity contribution is 6.08. The van der Waals surface area contributed by atoms with Crippen molar-refractivity contribution in [3.8, 4) is 0 Å². The van der Waals surface area contributed by atoms with Crippen molar-refractivity contribution in [3.63, 3.8) is 0 Å². The average molecular weight is 257 g/mol. The van der Waals surface area contributed by atoms with E-state index in [9.17, 15) is 4.79 Å². The van der Waals surface area contributed by atoms with Gasteiger partial charge in [0.05, 0.1) is 0 Å². The van der Waals surface area contributed by atoms with Gasteiger partial charge in [0.2, 0.25) is 0 Å². The van der Waals surface area contributed by atoms with Crippen LogP contribution in [0.3, 0.4) is 0 Å². The molecule has 1 aromatic carbocycles. The second kappa shape index (κ2) is 6.05. The van der Waals surface area contributed by atoms with Crippen molar-refractivity contribution >= 4 is 16.7 Å². The molecule has 2 nitrogen and oxygen atoms in total. The lowest BCUT2D eigenvalue weighted by molar-refractivity contribution is 0.0969. The lowest BCUT2D eigenvalue weighted by Crippen LogP contribution is -2.03. The molecule has 0 atom stereocenters. The molecule has 0 saturated carbocycles. The van der Waals surface area contributed by atoms with Gasteiger partial charge in [-0.3, -0.25) is 4.79 Å². The first-order chi connectivity index (χ1) is 9.13. The number of carbonyl (C=O) groups is 1. The number of unbranched alkanes of at least 4 members (excludes halogenated alkanes) is 1. The fourth-order valence-corrected chi connectivity index (χ4v) is 2.46. The number of ketones is 1. The van der Waals surface area contributed by atoms with Gasteiger partial charge in [-0.25, -0.2) is 0 Å². The normalized spacial score (nSPS) is 11.4. The highest BCUT2D eigenvalue weighted by Crippen LogP contribution is 2.24. The predicted molar refractivity (Wildman–Crippen MR) is 80.6 cm³/mol. The van der Waals surface area contributed by atoms with E-state index in [0.717, 1.165) is 23.9 Å². The Morgan fingerprint density at radius 3 is 2.68 bits per heavy atom. The number of carbonyl (C=O) groups excluding carboxylic acids is 1. The van der Waals surface area contributed by atoms with Crippen LogP contribution in [0.1, 0.15) is 50.4 Å². The number of benzene rings is 1. The van der Waals surface area contributed by atoms with Gasteiger partial charge < -0.3 is 4.57 Å². The molecule has 2 aromatic rings. The second-order valence-corrected chi connectivity index (χ2v) is 5.63. The zero-order valence-corrected chi connectivity index (χ0v) is 12.1. The molecule has 0 unspecified atom stereocenters. The van der Waals surface area contributed by atoms with E-state index in [-0.39, 0.29) is 5.78 Å². The highest BCUT2D eigenvalue weighted by atomic mass is 16.1. The molecule has 0 saturated heterocycles. The maximum Gasteiger partial charge on any atom is 0.165 e. The van der Waals surface area contributed by atoms with Gasteiger partial charge >= 0.3 is 0 Å². The predicted octanol–water partition coefficient (Wildman–Crippen LogP) is 4.67. The van der Waals surface area contributed by atoms with Crippen LogP contribution in [0.25, 0.3) is 10.9 Å². The van der Waals surface area contributed by atoms with Crippen LogP contribution in [-0.2, 0) is 6.54 Å². The Morgan fingerprint density at radius 1 is 1.26 bits per heavy atom. The molecular formula is C17H23NO. The van der Waals surface area contributed by atoms with Crippen molar-refractivity contribution in [2.24, 2.45) is 5.92 Å². The number of para-hydroxylation sites is 1. The van der Waals surface area contributed by atoms with Crippen LogP contribution in [0.4, 0.5) is 0 Å². The molecule has 0 amide bonds. The Morgan fingerprint density at radius 2 is 2.00 bits per heavy atom. The molecule has 0 radical (unpaired) electrons. The van der Waals surface area contributed by atoms with Gasteiger partial charge in [-0.2, -0.15) is 0 Å². The molecule has 2 heteroatoms. The Hall–Kier alpha value is -1.57. The summed E-state index contributed by atoms with van der Waals surface area (Å²) in [5.74, 6) is 0.673. The molecular weight excluding hydrogens is 234 g/mol. The summed E-state index contributed by atoms with van der Waals surface area (Å²) in [5.41, 5.74) is 2.07. The van der Waals surface area contributed by atoms with Gasteiger partial charge in [0.15, 0.2) is 5.78 Å². The molecule has 0 fully saturated rings. The van der Waals surface area contributed by atoms with Crippen LogP contribution in [0.15, 0.2) is 30.5 Å². The maximum absolute atomic E-state index is 12.3. The van der Waals surface area contributed by atoms with Crippen LogP contribution in [0, 0.1) is 5.92 Å². The first-order valence-corrected chi connectivity index (χ1v) is 7.24. The van der Waals surface area contributed by atoms with Crippen molar-refractivity contribution in [1.29, 1.82) is 0 Å². The lowest BCUT2D eigenvalue weighted by Gasteiger charge is -2.02. The van der Waals surface area contributed by atoms with Crippen molar-refractivity contribution in [2.45, 2.75) is 46.6 Å². The third-order valence-corrected chi connectivity index (χ3v) is 3.44. The van der Waals surface area contributed by atoms with Crippen molar-refractivity contribution in [3.05, 3.63) is 36.0 Å². The van der Waals surface area contributed by atoms with Crippen LogP contribution in [0.5, 0.6) is 0 Å². The van der Waals surface area contributed by atoms with Gasteiger partial charge in [0, 0.05) is 35.6 Å². The average Bonchev–Trinajstić information content (AvgIpc) is 2.74. The van der Waals surface area contributed by atoms with E-state index in [1.54, 1.807) is 0 Å². The highest BCUT2D eigenvalue weighted by Gasteiger charge is 2.15. The number of hydrogen-bond donors (Lipinski definition) is 0. The molecule has 0 bridgehead atoms. The van der Waals surface area contributed by atoms with E-state index in [2.05, 4.69) is 37.5 Å². The van der Waals surface area contributed by atoms with E-state index in [0.29, 0.717) is 12.3 Å². The minimum absolute atomic E-state index is 0.265. The summed E-state index contributed by atoms with van der Waals surface area (Å²) in [6, 6.07) is 8.22. The third-order valence-electron chi connectivity index (χ3n) is 3.44. The van der Waals surface area contributed by atoms with E-state index in [1.807, 2.05) is 18.3 Å². The number of nitrogens with zero attached hydrogens (tertiary/aromatic N) is 1. The van der Waals surface area contributed by atoms with Crippen molar-refractivity contribution in [2.75, 3.05) is 0 Å². The summed E-state index contributed by atoms with van der Waals surface area (Å²) >= 11 is 0. The topological polar surface area (TPSA) is 22.0 Å². The summed E-state index contributed by atoms with van der Waals surface area (Å²) in [5, 5.41) is 1.10. The molecule has 19 heavy (non-hydrogen) atoms. The summed E-state index contributed by atoms with van der Waals surface area (Å²) in [4.78, 5) is 12.3. The molecule has 0 N–H and O–H groups in total. The maximum atomic E-state index is 12.3. The van der Waals surface area contributed by atoms with Crippen LogP contribution in [0.2, 0.25) is 0 Å². The smallest absolute Gasteiger partial charge is 0.165 e. The first-order valence-electron chi connectivity index (χ1n) is 7.24. The Bertz CT molecular complexity index is 566. The standard InChI is InChI=1S/C17H23NO/c1-4-5-10-18-12-15(17(19)11-13(2)3)14-8-6-7-9-16(14)18/h6-9,12-13H,4-5,10-11H2,1-3H3. The number of fused-ring (bicyclic) bond motifs is 1. The van der Waals surface area contributed by atoms with Crippen molar-refractivity contribution < 1.29 is 4.79 Å². The van der Waals surface area contributed by atoms with Crippen molar-refractivity contribution in [1.82, 2.24) is 4.57 Å². The Labute approximate surface area is 115 Å². The summed E-state index contributed by atoms with van der Waals surface area (Å²) in [7, 11) is 0. The van der Waals surface area contributed by atoms with Gasteiger partial charge in [0.1, 0.15) is 0 Å². The summed E-state index contributed by atoms with van der Waals surface area (Å²) in [6.07, 6.45) is 4.99. The molecule has 2 rings (SSSR count). The second-order valence-electron chi connectivity index (χ2n) is 5.63.